The molecule has 74 valence electrons. The second kappa shape index (κ2) is 5.12. The normalized spacial score (nSPS) is 12.8. The summed E-state index contributed by atoms with van der Waals surface area (Å²) in [4.78, 5) is 0. The van der Waals surface area contributed by atoms with E-state index in [1.165, 1.54) is 0 Å². The third-order valence-corrected chi connectivity index (χ3v) is 2.26. The van der Waals surface area contributed by atoms with Gasteiger partial charge in [-0.1, -0.05) is 6.92 Å². The van der Waals surface area contributed by atoms with Gasteiger partial charge in [-0.05, 0) is 6.92 Å². The molecule has 0 amide bonds. The average Bonchev–Trinajstić information content (AvgIpc) is 2.61. The Morgan fingerprint density at radius 3 is 3.00 bits per heavy atom. The highest BCUT2D eigenvalue weighted by Crippen LogP contribution is 2.10. The monoisotopic (exact) mass is 202 g/mol. The summed E-state index contributed by atoms with van der Waals surface area (Å²) in [5.74, 6) is 1.83. The number of halogens is 1. The van der Waals surface area contributed by atoms with Crippen molar-refractivity contribution in [2.75, 3.05) is 12.5 Å². The Morgan fingerprint density at radius 2 is 2.46 bits per heavy atom. The first kappa shape index (κ1) is 10.4. The molecule has 1 aromatic rings. The van der Waals surface area contributed by atoms with Crippen LogP contribution in [0, 0.1) is 5.92 Å². The van der Waals surface area contributed by atoms with Gasteiger partial charge in [0.1, 0.15) is 0 Å². The van der Waals surface area contributed by atoms with Gasteiger partial charge in [0.05, 0.1) is 19.0 Å². The van der Waals surface area contributed by atoms with Crippen molar-refractivity contribution in [3.05, 3.63) is 12.4 Å². The van der Waals surface area contributed by atoms with Crippen LogP contribution in [0.2, 0.25) is 0 Å². The highest BCUT2D eigenvalue weighted by Gasteiger charge is 2.02. The van der Waals surface area contributed by atoms with Crippen LogP contribution in [0.25, 0.3) is 0 Å². The second-order valence-corrected chi connectivity index (χ2v) is 3.41. The van der Waals surface area contributed by atoms with E-state index in [-0.39, 0.29) is 0 Å². The Labute approximate surface area is 83.6 Å². The van der Waals surface area contributed by atoms with Crippen molar-refractivity contribution in [3.8, 4) is 5.75 Å². The van der Waals surface area contributed by atoms with Crippen LogP contribution in [-0.4, -0.2) is 22.3 Å². The maximum absolute atomic E-state index is 5.65. The molecule has 0 saturated heterocycles. The van der Waals surface area contributed by atoms with Crippen molar-refractivity contribution < 1.29 is 4.74 Å². The number of ether oxygens (including phenoxy) is 1. The van der Waals surface area contributed by atoms with Crippen molar-refractivity contribution in [2.24, 2.45) is 5.92 Å². The summed E-state index contributed by atoms with van der Waals surface area (Å²) < 4.78 is 7.31. The van der Waals surface area contributed by atoms with E-state index in [2.05, 4.69) is 12.0 Å². The maximum Gasteiger partial charge on any atom is 0.157 e. The van der Waals surface area contributed by atoms with Gasteiger partial charge in [0.15, 0.2) is 5.75 Å². The van der Waals surface area contributed by atoms with E-state index >= 15 is 0 Å². The predicted octanol–water partition coefficient (Wildman–Crippen LogP) is 2.16. The first-order valence-corrected chi connectivity index (χ1v) is 5.01. The molecule has 0 saturated carbocycles. The molecule has 0 aromatic carbocycles. The lowest BCUT2D eigenvalue weighted by Crippen LogP contribution is -2.09. The van der Waals surface area contributed by atoms with E-state index in [9.17, 15) is 0 Å². The number of aromatic nitrogens is 2. The molecule has 0 N–H and O–H groups in total. The highest BCUT2D eigenvalue weighted by molar-refractivity contribution is 6.18. The third-order valence-electron chi connectivity index (χ3n) is 1.73. The number of hydrogen-bond donors (Lipinski definition) is 0. The smallest absolute Gasteiger partial charge is 0.157 e. The molecule has 4 heteroatoms. The van der Waals surface area contributed by atoms with Crippen LogP contribution in [0.3, 0.4) is 0 Å². The topological polar surface area (TPSA) is 27.1 Å². The first-order chi connectivity index (χ1) is 6.26. The maximum atomic E-state index is 5.65. The average molecular weight is 203 g/mol. The van der Waals surface area contributed by atoms with E-state index in [1.54, 1.807) is 6.20 Å². The quantitative estimate of drug-likeness (QED) is 0.685. The Bertz CT molecular complexity index is 250. The zero-order valence-electron chi connectivity index (χ0n) is 8.03. The molecule has 0 aliphatic carbocycles. The lowest BCUT2D eigenvalue weighted by atomic mass is 10.2. The van der Waals surface area contributed by atoms with Gasteiger partial charge < -0.3 is 4.74 Å². The summed E-state index contributed by atoms with van der Waals surface area (Å²) in [6, 6.07) is 0. The molecular formula is C9H15ClN2O. The van der Waals surface area contributed by atoms with Crippen LogP contribution in [0.5, 0.6) is 5.75 Å². The molecule has 0 bridgehead atoms. The van der Waals surface area contributed by atoms with Crippen LogP contribution in [0.1, 0.15) is 13.8 Å². The van der Waals surface area contributed by atoms with Crippen molar-refractivity contribution in [2.45, 2.75) is 20.4 Å². The molecule has 0 aliphatic rings. The molecule has 0 aliphatic heterocycles. The van der Waals surface area contributed by atoms with Gasteiger partial charge in [-0.3, -0.25) is 4.68 Å². The fourth-order valence-corrected chi connectivity index (χ4v) is 0.964. The van der Waals surface area contributed by atoms with E-state index < -0.39 is 0 Å². The summed E-state index contributed by atoms with van der Waals surface area (Å²) in [5.41, 5.74) is 0. The van der Waals surface area contributed by atoms with Crippen molar-refractivity contribution >= 4 is 11.6 Å². The molecule has 0 radical (unpaired) electrons. The van der Waals surface area contributed by atoms with Gasteiger partial charge >= 0.3 is 0 Å². The fraction of sp³-hybridized carbons (Fsp3) is 0.667. The molecule has 1 atom stereocenters. The van der Waals surface area contributed by atoms with Gasteiger partial charge in [0.25, 0.3) is 0 Å². The zero-order valence-corrected chi connectivity index (χ0v) is 8.79. The van der Waals surface area contributed by atoms with Gasteiger partial charge in [-0.15, -0.1) is 11.6 Å². The van der Waals surface area contributed by atoms with Gasteiger partial charge in [-0.25, -0.2) is 0 Å². The lowest BCUT2D eigenvalue weighted by Gasteiger charge is -2.07. The summed E-state index contributed by atoms with van der Waals surface area (Å²) in [5, 5.41) is 4.10. The molecular weight excluding hydrogens is 188 g/mol. The standard InChI is InChI=1S/C9H15ClN2O/c1-3-12-6-9(5-11-12)13-7-8(2)4-10/h5-6,8H,3-4,7H2,1-2H3. The number of rotatable bonds is 5. The molecule has 3 nitrogen and oxygen atoms in total. The summed E-state index contributed by atoms with van der Waals surface area (Å²) >= 11 is 5.65. The summed E-state index contributed by atoms with van der Waals surface area (Å²) in [6.07, 6.45) is 3.62. The van der Waals surface area contributed by atoms with Crippen LogP contribution in [-0.2, 0) is 6.54 Å². The van der Waals surface area contributed by atoms with Gasteiger partial charge in [0.2, 0.25) is 0 Å². The van der Waals surface area contributed by atoms with Crippen LogP contribution >= 0.6 is 11.6 Å². The zero-order chi connectivity index (χ0) is 9.68. The SMILES string of the molecule is CCn1cc(OCC(C)CCl)cn1. The van der Waals surface area contributed by atoms with E-state index in [4.69, 9.17) is 16.3 Å². The Hall–Kier alpha value is -0.700. The molecule has 13 heavy (non-hydrogen) atoms. The second-order valence-electron chi connectivity index (χ2n) is 3.10. The van der Waals surface area contributed by atoms with E-state index in [0.717, 1.165) is 12.3 Å². The minimum atomic E-state index is 0.381. The highest BCUT2D eigenvalue weighted by atomic mass is 35.5. The van der Waals surface area contributed by atoms with Crippen LogP contribution < -0.4 is 4.74 Å². The molecule has 0 spiro atoms. The number of nitrogens with zero attached hydrogens (tertiary/aromatic N) is 2. The van der Waals surface area contributed by atoms with Crippen molar-refractivity contribution in [1.82, 2.24) is 9.78 Å². The van der Waals surface area contributed by atoms with Crippen molar-refractivity contribution in [1.29, 1.82) is 0 Å². The van der Waals surface area contributed by atoms with Crippen molar-refractivity contribution in [3.63, 3.8) is 0 Å². The van der Waals surface area contributed by atoms with Gasteiger partial charge in [0, 0.05) is 18.3 Å². The molecule has 1 aromatic heterocycles. The Kier molecular flexibility index (Phi) is 4.09. The first-order valence-electron chi connectivity index (χ1n) is 4.47. The molecule has 1 unspecified atom stereocenters. The third kappa shape index (κ3) is 3.27. The molecule has 1 heterocycles. The van der Waals surface area contributed by atoms with E-state index in [0.29, 0.717) is 18.4 Å². The Balaban J connectivity index is 2.36. The summed E-state index contributed by atoms with van der Waals surface area (Å²) in [6.45, 7) is 5.61. The minimum absolute atomic E-state index is 0.381. The van der Waals surface area contributed by atoms with Crippen LogP contribution in [0.15, 0.2) is 12.4 Å². The fourth-order valence-electron chi connectivity index (χ4n) is 0.875. The lowest BCUT2D eigenvalue weighted by molar-refractivity contribution is 0.272. The number of hydrogen-bond acceptors (Lipinski definition) is 2. The molecule has 0 fully saturated rings. The molecule has 1 rings (SSSR count). The number of alkyl halides is 1. The predicted molar refractivity (Wildman–Crippen MR) is 53.3 cm³/mol. The Morgan fingerprint density at radius 1 is 1.69 bits per heavy atom. The summed E-state index contributed by atoms with van der Waals surface area (Å²) in [7, 11) is 0. The van der Waals surface area contributed by atoms with E-state index in [1.807, 2.05) is 17.8 Å². The number of aryl methyl sites for hydroxylation is 1. The van der Waals surface area contributed by atoms with Crippen LogP contribution in [0.4, 0.5) is 0 Å². The van der Waals surface area contributed by atoms with Gasteiger partial charge in [-0.2, -0.15) is 5.10 Å². The largest absolute Gasteiger partial charge is 0.490 e. The minimum Gasteiger partial charge on any atom is -0.490 e.